The molecular formula is C15H22ClN. The Morgan fingerprint density at radius 3 is 2.71 bits per heavy atom. The van der Waals surface area contributed by atoms with E-state index in [-0.39, 0.29) is 0 Å². The monoisotopic (exact) mass is 251 g/mol. The first-order valence-electron chi connectivity index (χ1n) is 6.68. The molecule has 1 nitrogen and oxygen atoms in total. The molecule has 1 aliphatic carbocycles. The van der Waals surface area contributed by atoms with Crippen molar-refractivity contribution in [2.24, 2.45) is 17.6 Å². The van der Waals surface area contributed by atoms with Gasteiger partial charge in [0.15, 0.2) is 0 Å². The molecule has 1 saturated carbocycles. The zero-order valence-corrected chi connectivity index (χ0v) is 11.3. The third kappa shape index (κ3) is 2.83. The first-order valence-corrected chi connectivity index (χ1v) is 7.06. The van der Waals surface area contributed by atoms with Gasteiger partial charge in [-0.1, -0.05) is 49.6 Å². The zero-order valence-electron chi connectivity index (χ0n) is 10.5. The largest absolute Gasteiger partial charge is 0.330 e. The Morgan fingerprint density at radius 1 is 1.29 bits per heavy atom. The number of rotatable bonds is 3. The molecule has 1 fully saturated rings. The first-order chi connectivity index (χ1) is 8.24. The van der Waals surface area contributed by atoms with E-state index in [1.54, 1.807) is 0 Å². The minimum atomic E-state index is 0.594. The Morgan fingerprint density at radius 2 is 2.00 bits per heavy atom. The number of benzene rings is 1. The molecular weight excluding hydrogens is 230 g/mol. The second kappa shape index (κ2) is 5.88. The van der Waals surface area contributed by atoms with Crippen LogP contribution < -0.4 is 5.73 Å². The number of nitrogens with two attached hydrogens (primary N) is 1. The van der Waals surface area contributed by atoms with Crippen molar-refractivity contribution < 1.29 is 0 Å². The molecule has 0 bridgehead atoms. The highest BCUT2D eigenvalue weighted by Crippen LogP contribution is 2.43. The molecule has 0 saturated heterocycles. The van der Waals surface area contributed by atoms with E-state index >= 15 is 0 Å². The molecule has 0 heterocycles. The van der Waals surface area contributed by atoms with Gasteiger partial charge in [-0.05, 0) is 48.8 Å². The Kier molecular flexibility index (Phi) is 4.47. The van der Waals surface area contributed by atoms with Gasteiger partial charge in [0, 0.05) is 5.02 Å². The van der Waals surface area contributed by atoms with Gasteiger partial charge < -0.3 is 5.73 Å². The summed E-state index contributed by atoms with van der Waals surface area (Å²) in [5, 5.41) is 0.925. The van der Waals surface area contributed by atoms with Gasteiger partial charge in [-0.2, -0.15) is 0 Å². The minimum absolute atomic E-state index is 0.594. The van der Waals surface area contributed by atoms with Crippen LogP contribution in [-0.4, -0.2) is 6.54 Å². The Hall–Kier alpha value is -0.530. The maximum Gasteiger partial charge on any atom is 0.0440 e. The fourth-order valence-corrected chi connectivity index (χ4v) is 3.45. The number of hydrogen-bond donors (Lipinski definition) is 1. The summed E-state index contributed by atoms with van der Waals surface area (Å²) in [7, 11) is 0. The third-order valence-electron chi connectivity index (χ3n) is 4.23. The molecule has 3 atom stereocenters. The molecule has 1 aromatic rings. The molecule has 0 radical (unpaired) electrons. The van der Waals surface area contributed by atoms with Crippen LogP contribution >= 0.6 is 11.6 Å². The molecule has 0 spiro atoms. The molecule has 0 amide bonds. The number of hydrogen-bond acceptors (Lipinski definition) is 1. The van der Waals surface area contributed by atoms with Gasteiger partial charge in [-0.3, -0.25) is 0 Å². The fraction of sp³-hybridized carbons (Fsp3) is 0.600. The lowest BCUT2D eigenvalue weighted by Gasteiger charge is -2.36. The standard InChI is InChI=1S/C15H22ClN/c1-11(10-17)12-6-2-3-7-13(12)14-8-4-5-9-15(14)16/h4-5,8-9,11-13H,2-3,6-7,10,17H2,1H3. The summed E-state index contributed by atoms with van der Waals surface area (Å²) in [6.45, 7) is 3.06. The van der Waals surface area contributed by atoms with Gasteiger partial charge in [0.2, 0.25) is 0 Å². The highest BCUT2D eigenvalue weighted by atomic mass is 35.5. The van der Waals surface area contributed by atoms with Gasteiger partial charge in [0.25, 0.3) is 0 Å². The molecule has 2 heteroatoms. The summed E-state index contributed by atoms with van der Waals surface area (Å²) in [4.78, 5) is 0. The normalized spacial score (nSPS) is 26.8. The van der Waals surface area contributed by atoms with Gasteiger partial charge >= 0.3 is 0 Å². The van der Waals surface area contributed by atoms with Crippen LogP contribution in [0.3, 0.4) is 0 Å². The SMILES string of the molecule is CC(CN)C1CCCCC1c1ccccc1Cl. The van der Waals surface area contributed by atoms with Gasteiger partial charge in [-0.15, -0.1) is 0 Å². The smallest absolute Gasteiger partial charge is 0.0440 e. The molecule has 0 aliphatic heterocycles. The van der Waals surface area contributed by atoms with Crippen LogP contribution in [0.15, 0.2) is 24.3 Å². The Balaban J connectivity index is 2.25. The van der Waals surface area contributed by atoms with E-state index in [1.807, 2.05) is 12.1 Å². The second-order valence-electron chi connectivity index (χ2n) is 5.29. The quantitative estimate of drug-likeness (QED) is 0.856. The summed E-state index contributed by atoms with van der Waals surface area (Å²) in [5.74, 6) is 1.90. The van der Waals surface area contributed by atoms with E-state index in [4.69, 9.17) is 17.3 Å². The van der Waals surface area contributed by atoms with Crippen molar-refractivity contribution in [2.45, 2.75) is 38.5 Å². The predicted molar refractivity (Wildman–Crippen MR) is 74.4 cm³/mol. The summed E-state index contributed by atoms with van der Waals surface area (Å²) in [5.41, 5.74) is 7.18. The van der Waals surface area contributed by atoms with Crippen LogP contribution in [0.5, 0.6) is 0 Å². The third-order valence-corrected chi connectivity index (χ3v) is 4.57. The average Bonchev–Trinajstić information content (AvgIpc) is 2.38. The molecule has 17 heavy (non-hydrogen) atoms. The highest BCUT2D eigenvalue weighted by Gasteiger charge is 2.30. The van der Waals surface area contributed by atoms with Crippen LogP contribution in [-0.2, 0) is 0 Å². The van der Waals surface area contributed by atoms with Crippen molar-refractivity contribution >= 4 is 11.6 Å². The lowest BCUT2D eigenvalue weighted by Crippen LogP contribution is -2.28. The van der Waals surface area contributed by atoms with Crippen molar-refractivity contribution in [3.8, 4) is 0 Å². The molecule has 2 N–H and O–H groups in total. The summed E-state index contributed by atoms with van der Waals surface area (Å²) < 4.78 is 0. The van der Waals surface area contributed by atoms with Crippen molar-refractivity contribution in [1.82, 2.24) is 0 Å². The van der Waals surface area contributed by atoms with E-state index in [0.29, 0.717) is 17.8 Å². The van der Waals surface area contributed by atoms with Crippen LogP contribution in [0.4, 0.5) is 0 Å². The van der Waals surface area contributed by atoms with E-state index in [2.05, 4.69) is 19.1 Å². The zero-order chi connectivity index (χ0) is 12.3. The minimum Gasteiger partial charge on any atom is -0.330 e. The van der Waals surface area contributed by atoms with E-state index in [0.717, 1.165) is 11.6 Å². The molecule has 2 rings (SSSR count). The van der Waals surface area contributed by atoms with Crippen molar-refractivity contribution in [2.75, 3.05) is 6.54 Å². The van der Waals surface area contributed by atoms with Gasteiger partial charge in [0.1, 0.15) is 0 Å². The molecule has 1 aliphatic rings. The maximum absolute atomic E-state index is 6.34. The average molecular weight is 252 g/mol. The molecule has 1 aromatic carbocycles. The van der Waals surface area contributed by atoms with Crippen molar-refractivity contribution in [3.05, 3.63) is 34.9 Å². The topological polar surface area (TPSA) is 26.0 Å². The van der Waals surface area contributed by atoms with E-state index < -0.39 is 0 Å². The first kappa shape index (κ1) is 12.9. The van der Waals surface area contributed by atoms with Crippen molar-refractivity contribution in [1.29, 1.82) is 0 Å². The van der Waals surface area contributed by atoms with Crippen LogP contribution in [0.2, 0.25) is 5.02 Å². The van der Waals surface area contributed by atoms with Gasteiger partial charge in [-0.25, -0.2) is 0 Å². The fourth-order valence-electron chi connectivity index (χ4n) is 3.18. The predicted octanol–water partition coefficient (Wildman–Crippen LogP) is 4.21. The molecule has 94 valence electrons. The van der Waals surface area contributed by atoms with Gasteiger partial charge in [0.05, 0.1) is 0 Å². The maximum atomic E-state index is 6.34. The molecule has 3 unspecified atom stereocenters. The highest BCUT2D eigenvalue weighted by molar-refractivity contribution is 6.31. The summed E-state index contributed by atoms with van der Waals surface area (Å²) in [6.07, 6.45) is 5.23. The van der Waals surface area contributed by atoms with Crippen molar-refractivity contribution in [3.63, 3.8) is 0 Å². The van der Waals surface area contributed by atoms with E-state index in [9.17, 15) is 0 Å². The van der Waals surface area contributed by atoms with E-state index in [1.165, 1.54) is 31.2 Å². The summed E-state index contributed by atoms with van der Waals surface area (Å²) in [6, 6.07) is 8.31. The Labute approximate surface area is 109 Å². The number of halogens is 1. The van der Waals surface area contributed by atoms with Crippen LogP contribution in [0.1, 0.15) is 44.1 Å². The second-order valence-corrected chi connectivity index (χ2v) is 5.70. The lowest BCUT2D eigenvalue weighted by molar-refractivity contribution is 0.230. The lowest BCUT2D eigenvalue weighted by atomic mass is 9.70. The Bertz CT molecular complexity index is 364. The molecule has 0 aromatic heterocycles. The van der Waals surface area contributed by atoms with Crippen LogP contribution in [0.25, 0.3) is 0 Å². The van der Waals surface area contributed by atoms with Crippen LogP contribution in [0, 0.1) is 11.8 Å². The summed E-state index contributed by atoms with van der Waals surface area (Å²) >= 11 is 6.34.